The van der Waals surface area contributed by atoms with Gasteiger partial charge in [-0.05, 0) is 34.9 Å². The number of H-pyrrole nitrogens is 1. The van der Waals surface area contributed by atoms with Crippen LogP contribution < -0.4 is 27.3 Å². The molecule has 8 rings (SSSR count). The molecule has 0 saturated carbocycles. The van der Waals surface area contributed by atoms with E-state index < -0.39 is 0 Å². The molecule has 7 heteroatoms. The molecule has 188 valence electrons. The first-order valence-corrected chi connectivity index (χ1v) is 14.1. The van der Waals surface area contributed by atoms with Gasteiger partial charge in [0.1, 0.15) is 39.2 Å². The van der Waals surface area contributed by atoms with Crippen LogP contribution in [0, 0.1) is 0 Å². The van der Waals surface area contributed by atoms with E-state index in [9.17, 15) is 0 Å². The third-order valence-corrected chi connectivity index (χ3v) is 8.63. The summed E-state index contributed by atoms with van der Waals surface area (Å²) in [5, 5.41) is 4.57. The smallest absolute Gasteiger partial charge is 0.113 e. The summed E-state index contributed by atoms with van der Waals surface area (Å²) in [7, 11) is 32.7. The molecule has 0 aliphatic rings. The van der Waals surface area contributed by atoms with Gasteiger partial charge in [0.05, 0.1) is 22.2 Å². The summed E-state index contributed by atoms with van der Waals surface area (Å²) in [5.41, 5.74) is 9.65. The maximum absolute atomic E-state index is 6.77. The molecule has 2 heterocycles. The van der Waals surface area contributed by atoms with Crippen molar-refractivity contribution in [3.05, 3.63) is 109 Å². The second-order valence-corrected chi connectivity index (χ2v) is 10.9. The fourth-order valence-electron chi connectivity index (χ4n) is 6.59. The average Bonchev–Trinajstić information content (AvgIpc) is 3.59. The van der Waals surface area contributed by atoms with Crippen molar-refractivity contribution < 1.29 is 0 Å². The second kappa shape index (κ2) is 9.64. The predicted octanol–water partition coefficient (Wildman–Crippen LogP) is 3.72. The monoisotopic (exact) mass is 534 g/mol. The first kappa shape index (κ1) is 25.9. The molecule has 2 aromatic heterocycles. The van der Waals surface area contributed by atoms with E-state index in [0.29, 0.717) is 16.5 Å². The van der Waals surface area contributed by atoms with Crippen LogP contribution in [-0.2, 0) is 0 Å². The van der Waals surface area contributed by atoms with Crippen molar-refractivity contribution in [3.63, 3.8) is 0 Å². The summed E-state index contributed by atoms with van der Waals surface area (Å²) in [6.07, 6.45) is 0. The van der Waals surface area contributed by atoms with E-state index in [0.717, 1.165) is 60.6 Å². The molecule has 0 spiro atoms. The number of aromatic nitrogens is 2. The lowest BCUT2D eigenvalue weighted by Gasteiger charge is -2.26. The number of aromatic amines is 1. The van der Waals surface area contributed by atoms with E-state index in [4.69, 9.17) is 39.2 Å². The number of hydrogen-bond acceptors (Lipinski definition) is 0. The Morgan fingerprint density at radius 1 is 0.465 bits per heavy atom. The molecule has 0 saturated heterocycles. The van der Waals surface area contributed by atoms with Crippen molar-refractivity contribution in [2.45, 2.75) is 0 Å². The van der Waals surface area contributed by atoms with Gasteiger partial charge in [0.25, 0.3) is 0 Å². The molecular weight excluding hydrogens is 514 g/mol. The van der Waals surface area contributed by atoms with Crippen molar-refractivity contribution in [2.24, 2.45) is 0 Å². The fourth-order valence-corrected chi connectivity index (χ4v) is 6.59. The quantitative estimate of drug-likeness (QED) is 0.335. The maximum atomic E-state index is 6.77. The molecular formula is C36H19B5N2. The summed E-state index contributed by atoms with van der Waals surface area (Å²) >= 11 is 0. The number of hydrogen-bond donors (Lipinski definition) is 1. The number of nitrogens with zero attached hydrogens (tertiary/aromatic N) is 1. The van der Waals surface area contributed by atoms with Gasteiger partial charge in [-0.1, -0.05) is 102 Å². The van der Waals surface area contributed by atoms with Gasteiger partial charge < -0.3 is 9.55 Å². The Morgan fingerprint density at radius 3 is 1.86 bits per heavy atom. The Kier molecular flexibility index (Phi) is 5.81. The highest BCUT2D eigenvalue weighted by molar-refractivity contribution is 6.68. The van der Waals surface area contributed by atoms with Gasteiger partial charge in [-0.25, -0.2) is 0 Å². The normalized spacial score (nSPS) is 11.7. The third-order valence-electron chi connectivity index (χ3n) is 8.63. The zero-order chi connectivity index (χ0) is 29.4. The lowest BCUT2D eigenvalue weighted by Crippen LogP contribution is -2.55. The first-order valence-electron chi connectivity index (χ1n) is 14.1. The summed E-state index contributed by atoms with van der Waals surface area (Å²) in [6, 6.07) is 37.6. The topological polar surface area (TPSA) is 20.7 Å². The Balaban J connectivity index is 1.61. The summed E-state index contributed by atoms with van der Waals surface area (Å²) in [6.45, 7) is 0. The summed E-state index contributed by atoms with van der Waals surface area (Å²) in [4.78, 5) is 3.72. The second-order valence-electron chi connectivity index (χ2n) is 10.9. The largest absolute Gasteiger partial charge is 0.353 e. The molecule has 1 N–H and O–H groups in total. The predicted molar refractivity (Wildman–Crippen MR) is 188 cm³/mol. The van der Waals surface area contributed by atoms with Gasteiger partial charge in [-0.15, -0.1) is 16.4 Å². The van der Waals surface area contributed by atoms with Gasteiger partial charge in [-0.2, -0.15) is 0 Å². The Labute approximate surface area is 256 Å². The highest BCUT2D eigenvalue weighted by Crippen LogP contribution is 2.42. The fraction of sp³-hybridized carbons (Fsp3) is 0. The van der Waals surface area contributed by atoms with Crippen molar-refractivity contribution in [1.29, 1.82) is 0 Å². The molecule has 43 heavy (non-hydrogen) atoms. The van der Waals surface area contributed by atoms with Gasteiger partial charge in [0.2, 0.25) is 0 Å². The number of nitrogens with one attached hydrogen (secondary N) is 1. The van der Waals surface area contributed by atoms with Crippen LogP contribution in [0.5, 0.6) is 0 Å². The van der Waals surface area contributed by atoms with Crippen molar-refractivity contribution in [1.82, 2.24) is 9.55 Å². The van der Waals surface area contributed by atoms with Crippen molar-refractivity contribution >= 4 is 110 Å². The summed E-state index contributed by atoms with van der Waals surface area (Å²) in [5.74, 6) is 0. The highest BCUT2D eigenvalue weighted by atomic mass is 15.0. The summed E-state index contributed by atoms with van der Waals surface area (Å²) < 4.78 is 2.30. The van der Waals surface area contributed by atoms with Gasteiger partial charge in [0.15, 0.2) is 0 Å². The molecule has 2 nitrogen and oxygen atoms in total. The number of para-hydroxylation sites is 2. The lowest BCUT2D eigenvalue weighted by atomic mass is 9.59. The van der Waals surface area contributed by atoms with Crippen LogP contribution in [-0.4, -0.2) is 48.8 Å². The van der Waals surface area contributed by atoms with Crippen LogP contribution in [0.4, 0.5) is 0 Å². The van der Waals surface area contributed by atoms with Gasteiger partial charge >= 0.3 is 0 Å². The Bertz CT molecular complexity index is 2370. The van der Waals surface area contributed by atoms with E-state index in [1.54, 1.807) is 0 Å². The molecule has 10 radical (unpaired) electrons. The number of rotatable bonds is 3. The van der Waals surface area contributed by atoms with E-state index >= 15 is 0 Å². The minimum absolute atomic E-state index is 0.189. The van der Waals surface area contributed by atoms with Crippen molar-refractivity contribution in [3.8, 4) is 27.9 Å². The van der Waals surface area contributed by atoms with E-state index in [1.165, 1.54) is 5.39 Å². The van der Waals surface area contributed by atoms with Crippen LogP contribution in [0.1, 0.15) is 0 Å². The minimum atomic E-state index is 0.189. The molecule has 0 aliphatic carbocycles. The van der Waals surface area contributed by atoms with Crippen LogP contribution in [0.15, 0.2) is 109 Å². The third kappa shape index (κ3) is 3.67. The molecule has 0 aliphatic heterocycles. The van der Waals surface area contributed by atoms with Crippen LogP contribution >= 0.6 is 0 Å². The zero-order valence-electron chi connectivity index (χ0n) is 23.2. The minimum Gasteiger partial charge on any atom is -0.353 e. The van der Waals surface area contributed by atoms with E-state index in [1.807, 2.05) is 24.3 Å². The molecule has 0 unspecified atom stereocenters. The standard InChI is InChI=1S/C36H19B5N2/c37-30-29(31(38)33(40)34(41)32(30)39)28-20(19-9-2-1-3-10-19)13-8-16-27(28)43-26-15-7-5-12-22(26)24-18-17-23-21-11-4-6-14-25(21)42-35(23)36(24)43/h1-18,42H. The average molecular weight is 534 g/mol. The van der Waals surface area contributed by atoms with Crippen LogP contribution in [0.25, 0.3) is 71.6 Å². The Morgan fingerprint density at radius 2 is 1.09 bits per heavy atom. The molecule has 8 aromatic rings. The number of fused-ring (bicyclic) bond motifs is 7. The van der Waals surface area contributed by atoms with Crippen LogP contribution in [0.2, 0.25) is 0 Å². The molecule has 6 aromatic carbocycles. The molecule has 0 atom stereocenters. The van der Waals surface area contributed by atoms with E-state index in [2.05, 4.69) is 94.5 Å². The van der Waals surface area contributed by atoms with Crippen molar-refractivity contribution in [2.75, 3.05) is 0 Å². The highest BCUT2D eigenvalue weighted by Gasteiger charge is 2.23. The first-order chi connectivity index (χ1) is 21.0. The van der Waals surface area contributed by atoms with Gasteiger partial charge in [0, 0.05) is 32.6 Å². The maximum Gasteiger partial charge on any atom is 0.113 e. The molecule has 0 amide bonds. The SMILES string of the molecule is [B]c1c([B])c([B])c(-c2c(-c3ccccc3)cccc2-n2c3ccccc3c3ccc4c5ccccc5[nH]c4c32)c([B])c1[B]. The lowest BCUT2D eigenvalue weighted by molar-refractivity contribution is 1.19. The number of benzene rings is 6. The van der Waals surface area contributed by atoms with Crippen LogP contribution in [0.3, 0.4) is 0 Å². The molecule has 0 fully saturated rings. The molecule has 0 bridgehead atoms. The Hall–Kier alpha value is -4.76. The van der Waals surface area contributed by atoms with Gasteiger partial charge in [-0.3, -0.25) is 0 Å². The van der Waals surface area contributed by atoms with E-state index in [-0.39, 0.29) is 16.4 Å². The zero-order valence-corrected chi connectivity index (χ0v) is 23.2.